The van der Waals surface area contributed by atoms with E-state index in [9.17, 15) is 22.0 Å². The van der Waals surface area contributed by atoms with Crippen LogP contribution in [0.1, 0.15) is 101 Å². The van der Waals surface area contributed by atoms with Gasteiger partial charge in [0.1, 0.15) is 11.5 Å². The lowest BCUT2D eigenvalue weighted by Crippen LogP contribution is -2.39. The van der Waals surface area contributed by atoms with Gasteiger partial charge in [-0.15, -0.1) is 0 Å². The molecule has 2 aromatic carbocycles. The highest BCUT2D eigenvalue weighted by Gasteiger charge is 2.29. The Labute approximate surface area is 313 Å². The molecule has 52 heavy (non-hydrogen) atoms. The highest BCUT2D eigenvalue weighted by Crippen LogP contribution is 2.33. The summed E-state index contributed by atoms with van der Waals surface area (Å²) in [4.78, 5) is 13.0. The van der Waals surface area contributed by atoms with Crippen molar-refractivity contribution in [1.29, 1.82) is 0 Å². The maximum Gasteiger partial charge on any atom is 0.264 e. The number of carbonyl (C=O) groups is 1. The van der Waals surface area contributed by atoms with E-state index < -0.39 is 22.1 Å². The zero-order chi connectivity index (χ0) is 40.6. The first-order valence-electron chi connectivity index (χ1n) is 17.6. The molecule has 298 valence electrons. The lowest BCUT2D eigenvalue weighted by Gasteiger charge is -2.26. The van der Waals surface area contributed by atoms with Crippen LogP contribution in [0.2, 0.25) is 0 Å². The molecular weight excluding hydrogens is 691 g/mol. The first-order chi connectivity index (χ1) is 23.6. The molecule has 1 saturated heterocycles. The van der Waals surface area contributed by atoms with Gasteiger partial charge in [-0.3, -0.25) is 13.9 Å². The van der Waals surface area contributed by atoms with E-state index >= 15 is 0 Å². The van der Waals surface area contributed by atoms with E-state index in [0.29, 0.717) is 17.9 Å². The highest BCUT2D eigenvalue weighted by molar-refractivity contribution is 7.86. The van der Waals surface area contributed by atoms with Crippen LogP contribution in [0.5, 0.6) is 11.5 Å². The molecule has 0 bridgehead atoms. The SMILES string of the molecule is C=CC(=O)NC(C)(C)C.CC(C)(C)N1CC1.CC(C)(C)OS(C)(=O)=O.CC(CO)COc1ccc(C(C)(C)c2ccc(OCCC(F)F)cc2)cc1. The van der Waals surface area contributed by atoms with Crippen molar-refractivity contribution in [3.8, 4) is 11.5 Å². The average molecular weight is 757 g/mol. The smallest absolute Gasteiger partial charge is 0.264 e. The molecule has 0 aliphatic carbocycles. The topological polar surface area (TPSA) is 114 Å². The van der Waals surface area contributed by atoms with E-state index in [0.717, 1.165) is 23.1 Å². The number of halogens is 2. The van der Waals surface area contributed by atoms with Crippen molar-refractivity contribution < 1.29 is 40.8 Å². The Bertz CT molecular complexity index is 1420. The fraction of sp³-hybridized carbons (Fsp3) is 0.625. The van der Waals surface area contributed by atoms with E-state index in [2.05, 4.69) is 55.6 Å². The molecule has 0 radical (unpaired) electrons. The maximum atomic E-state index is 12.2. The highest BCUT2D eigenvalue weighted by atomic mass is 32.2. The fourth-order valence-electron chi connectivity index (χ4n) is 4.25. The molecule has 0 spiro atoms. The molecule has 0 aromatic heterocycles. The Morgan fingerprint density at radius 2 is 1.33 bits per heavy atom. The normalized spacial score (nSPS) is 13.9. The van der Waals surface area contributed by atoms with Crippen molar-refractivity contribution in [3.05, 3.63) is 72.3 Å². The second-order valence-corrected chi connectivity index (χ2v) is 17.9. The monoisotopic (exact) mass is 756 g/mol. The van der Waals surface area contributed by atoms with Crippen molar-refractivity contribution in [3.63, 3.8) is 0 Å². The van der Waals surface area contributed by atoms with Gasteiger partial charge in [-0.05, 0) is 104 Å². The number of carbonyl (C=O) groups excluding carboxylic acids is 1. The van der Waals surface area contributed by atoms with Gasteiger partial charge in [0, 0.05) is 48.5 Å². The number of hydrogen-bond acceptors (Lipinski definition) is 8. The Morgan fingerprint density at radius 3 is 1.58 bits per heavy atom. The minimum Gasteiger partial charge on any atom is -0.493 e. The average Bonchev–Trinajstić information content (AvgIpc) is 3.85. The molecule has 2 N–H and O–H groups in total. The second-order valence-electron chi connectivity index (χ2n) is 16.3. The molecule has 1 unspecified atom stereocenters. The van der Waals surface area contributed by atoms with Crippen LogP contribution in [0, 0.1) is 5.92 Å². The van der Waals surface area contributed by atoms with E-state index in [1.165, 1.54) is 19.2 Å². The number of amides is 1. The molecule has 3 rings (SSSR count). The van der Waals surface area contributed by atoms with E-state index in [-0.39, 0.29) is 42.4 Å². The summed E-state index contributed by atoms with van der Waals surface area (Å²) in [5, 5.41) is 11.8. The number of aliphatic hydroxyl groups excluding tert-OH is 1. The van der Waals surface area contributed by atoms with E-state index in [4.69, 9.17) is 14.6 Å². The third kappa shape index (κ3) is 24.2. The van der Waals surface area contributed by atoms with Gasteiger partial charge in [-0.2, -0.15) is 8.42 Å². The number of hydrogen-bond donors (Lipinski definition) is 2. The zero-order valence-electron chi connectivity index (χ0n) is 33.8. The lowest BCUT2D eigenvalue weighted by atomic mass is 9.78. The standard InChI is InChI=1S/C22H28F2O3.C7H13NO.C6H13N.C5H12O3S/c1-16(14-25)15-27-20-10-6-18(7-11-20)22(2,3)17-4-8-19(9-5-17)26-13-12-21(23)24;1-5-6(9)8-7(2,3)4;1-6(2,3)7-4-5-7;1-5(2,3)8-9(4,6)7/h4-11,16,21,25H,12-15H2,1-3H3;5H,1H2,2-4H3,(H,8,9);4-5H2,1-3H3;1-4H3. The molecule has 12 heteroatoms. The molecule has 1 aliphatic rings. The Morgan fingerprint density at radius 1 is 0.885 bits per heavy atom. The number of alkyl halides is 2. The maximum absolute atomic E-state index is 12.2. The summed E-state index contributed by atoms with van der Waals surface area (Å²) in [6.07, 6.45) is -0.301. The van der Waals surface area contributed by atoms with E-state index in [1.807, 2.05) is 76.2 Å². The number of benzene rings is 2. The van der Waals surface area contributed by atoms with Gasteiger partial charge in [0.25, 0.3) is 10.1 Å². The Kier molecular flexibility index (Phi) is 20.3. The van der Waals surface area contributed by atoms with Crippen molar-refractivity contribution in [2.24, 2.45) is 5.92 Å². The summed E-state index contributed by atoms with van der Waals surface area (Å²) in [6.45, 7) is 30.3. The van der Waals surface area contributed by atoms with Gasteiger partial charge in [-0.1, -0.05) is 51.6 Å². The van der Waals surface area contributed by atoms with Crippen molar-refractivity contribution >= 4 is 16.0 Å². The molecule has 1 fully saturated rings. The van der Waals surface area contributed by atoms with E-state index in [1.54, 1.807) is 20.8 Å². The number of aliphatic hydroxyl groups is 1. The molecular formula is C40H66F2N2O7S. The third-order valence-electron chi connectivity index (χ3n) is 7.08. The predicted molar refractivity (Wildman–Crippen MR) is 208 cm³/mol. The van der Waals surface area contributed by atoms with Crippen molar-refractivity contribution in [2.45, 2.75) is 118 Å². The van der Waals surface area contributed by atoms with Gasteiger partial charge >= 0.3 is 0 Å². The van der Waals surface area contributed by atoms with Gasteiger partial charge in [0.05, 0.1) is 25.1 Å². The second kappa shape index (κ2) is 21.6. The summed E-state index contributed by atoms with van der Waals surface area (Å²) < 4.78 is 60.8. The molecule has 1 aliphatic heterocycles. The number of ether oxygens (including phenoxy) is 2. The van der Waals surface area contributed by atoms with Crippen LogP contribution < -0.4 is 14.8 Å². The molecule has 1 heterocycles. The molecule has 1 amide bonds. The van der Waals surface area contributed by atoms with Crippen LogP contribution in [0.25, 0.3) is 0 Å². The van der Waals surface area contributed by atoms with Crippen LogP contribution in [0.15, 0.2) is 61.2 Å². The van der Waals surface area contributed by atoms with Crippen molar-refractivity contribution in [2.75, 3.05) is 39.2 Å². The summed E-state index contributed by atoms with van der Waals surface area (Å²) in [7, 11) is -3.28. The van der Waals surface area contributed by atoms with Gasteiger partial charge in [-0.25, -0.2) is 8.78 Å². The summed E-state index contributed by atoms with van der Waals surface area (Å²) in [5.41, 5.74) is 1.71. The first kappa shape index (κ1) is 48.9. The number of nitrogens with zero attached hydrogens (tertiary/aromatic N) is 1. The summed E-state index contributed by atoms with van der Waals surface area (Å²) in [5.74, 6) is 1.35. The largest absolute Gasteiger partial charge is 0.493 e. The summed E-state index contributed by atoms with van der Waals surface area (Å²) in [6, 6.07) is 15.5. The van der Waals surface area contributed by atoms with Gasteiger partial charge in [0.2, 0.25) is 12.3 Å². The van der Waals surface area contributed by atoms with Gasteiger partial charge in [0.15, 0.2) is 0 Å². The van der Waals surface area contributed by atoms with Crippen molar-refractivity contribution in [1.82, 2.24) is 10.2 Å². The molecule has 2 aromatic rings. The minimum absolute atomic E-state index is 0.0107. The summed E-state index contributed by atoms with van der Waals surface area (Å²) >= 11 is 0. The predicted octanol–water partition coefficient (Wildman–Crippen LogP) is 8.00. The first-order valence-corrected chi connectivity index (χ1v) is 19.4. The number of rotatable bonds is 12. The zero-order valence-corrected chi connectivity index (χ0v) is 34.6. The van der Waals surface area contributed by atoms with Crippen LogP contribution in [-0.4, -0.2) is 86.6 Å². The van der Waals surface area contributed by atoms with Crippen LogP contribution in [0.4, 0.5) is 8.78 Å². The van der Waals surface area contributed by atoms with Gasteiger partial charge < -0.3 is 19.9 Å². The van der Waals surface area contributed by atoms with Crippen LogP contribution in [0.3, 0.4) is 0 Å². The van der Waals surface area contributed by atoms with Crippen LogP contribution in [-0.2, 0) is 24.5 Å². The Balaban J connectivity index is 0.000000840. The fourth-order valence-corrected chi connectivity index (χ4v) is 5.16. The molecule has 9 nitrogen and oxygen atoms in total. The lowest BCUT2D eigenvalue weighted by molar-refractivity contribution is -0.117. The number of nitrogens with one attached hydrogen (secondary N) is 1. The third-order valence-corrected chi connectivity index (χ3v) is 7.89. The van der Waals surface area contributed by atoms with Crippen LogP contribution >= 0.6 is 0 Å². The Hall–Kier alpha value is -3.06. The minimum atomic E-state index is -3.28. The quantitative estimate of drug-likeness (QED) is 0.127. The molecule has 0 saturated carbocycles. The molecule has 1 atom stereocenters.